The SMILES string of the molecule is CCN(CC)C(C1=NCCN1)c1ccco1. The summed E-state index contributed by atoms with van der Waals surface area (Å²) in [6, 6.07) is 4.10. The zero-order valence-corrected chi connectivity index (χ0v) is 9.94. The molecule has 2 rings (SSSR count). The second-order valence-electron chi connectivity index (χ2n) is 3.83. The molecule has 1 aliphatic rings. The number of likely N-dealkylation sites (N-methyl/N-ethyl adjacent to an activating group) is 1. The molecule has 0 aliphatic carbocycles. The van der Waals surface area contributed by atoms with Crippen molar-refractivity contribution in [3.63, 3.8) is 0 Å². The molecule has 0 radical (unpaired) electrons. The van der Waals surface area contributed by atoms with Crippen molar-refractivity contribution < 1.29 is 4.42 Å². The molecule has 1 aliphatic heterocycles. The van der Waals surface area contributed by atoms with Crippen LogP contribution < -0.4 is 5.32 Å². The highest BCUT2D eigenvalue weighted by molar-refractivity contribution is 5.89. The summed E-state index contributed by atoms with van der Waals surface area (Å²) >= 11 is 0. The highest BCUT2D eigenvalue weighted by Gasteiger charge is 2.27. The van der Waals surface area contributed by atoms with E-state index in [0.717, 1.165) is 37.8 Å². The Morgan fingerprint density at radius 2 is 2.31 bits per heavy atom. The Balaban J connectivity index is 2.25. The van der Waals surface area contributed by atoms with E-state index in [2.05, 4.69) is 29.1 Å². The van der Waals surface area contributed by atoms with E-state index in [9.17, 15) is 0 Å². The van der Waals surface area contributed by atoms with Gasteiger partial charge in [-0.15, -0.1) is 0 Å². The van der Waals surface area contributed by atoms with E-state index >= 15 is 0 Å². The van der Waals surface area contributed by atoms with Gasteiger partial charge in [-0.05, 0) is 25.2 Å². The minimum absolute atomic E-state index is 0.146. The molecular weight excluding hydrogens is 202 g/mol. The fourth-order valence-electron chi connectivity index (χ4n) is 2.12. The van der Waals surface area contributed by atoms with Gasteiger partial charge in [-0.2, -0.15) is 0 Å². The van der Waals surface area contributed by atoms with E-state index < -0.39 is 0 Å². The van der Waals surface area contributed by atoms with E-state index in [0.29, 0.717) is 0 Å². The van der Waals surface area contributed by atoms with Gasteiger partial charge < -0.3 is 9.73 Å². The molecule has 0 aromatic carbocycles. The molecule has 0 fully saturated rings. The number of nitrogens with zero attached hydrogens (tertiary/aromatic N) is 2. The molecule has 16 heavy (non-hydrogen) atoms. The third-order valence-electron chi connectivity index (χ3n) is 2.95. The Morgan fingerprint density at radius 3 is 2.81 bits per heavy atom. The Bertz CT molecular complexity index is 341. The summed E-state index contributed by atoms with van der Waals surface area (Å²) in [6.07, 6.45) is 1.72. The number of amidine groups is 1. The molecule has 1 atom stereocenters. The highest BCUT2D eigenvalue weighted by atomic mass is 16.3. The Labute approximate surface area is 96.3 Å². The molecule has 88 valence electrons. The van der Waals surface area contributed by atoms with Crippen LogP contribution in [0.15, 0.2) is 27.8 Å². The molecule has 0 saturated carbocycles. The average molecular weight is 221 g/mol. The largest absolute Gasteiger partial charge is 0.467 e. The number of furan rings is 1. The van der Waals surface area contributed by atoms with E-state index in [4.69, 9.17) is 4.42 Å². The molecule has 1 N–H and O–H groups in total. The minimum Gasteiger partial charge on any atom is -0.467 e. The van der Waals surface area contributed by atoms with E-state index in [-0.39, 0.29) is 6.04 Å². The number of rotatable bonds is 5. The lowest BCUT2D eigenvalue weighted by atomic mass is 10.1. The van der Waals surface area contributed by atoms with Crippen molar-refractivity contribution in [1.29, 1.82) is 0 Å². The van der Waals surface area contributed by atoms with Crippen molar-refractivity contribution in [2.45, 2.75) is 19.9 Å². The lowest BCUT2D eigenvalue weighted by molar-refractivity contribution is 0.241. The zero-order valence-electron chi connectivity index (χ0n) is 9.94. The summed E-state index contributed by atoms with van der Waals surface area (Å²) in [5.74, 6) is 2.01. The predicted octanol–water partition coefficient (Wildman–Crippen LogP) is 1.66. The maximum atomic E-state index is 5.53. The molecule has 0 bridgehead atoms. The maximum Gasteiger partial charge on any atom is 0.128 e. The van der Waals surface area contributed by atoms with Crippen LogP contribution in [0.2, 0.25) is 0 Å². The van der Waals surface area contributed by atoms with E-state index in [1.807, 2.05) is 12.1 Å². The van der Waals surface area contributed by atoms with Crippen molar-refractivity contribution in [1.82, 2.24) is 10.2 Å². The Morgan fingerprint density at radius 1 is 1.50 bits per heavy atom. The van der Waals surface area contributed by atoms with Gasteiger partial charge in [0, 0.05) is 6.54 Å². The molecular formula is C12H19N3O. The van der Waals surface area contributed by atoms with E-state index in [1.165, 1.54) is 0 Å². The van der Waals surface area contributed by atoms with Crippen LogP contribution >= 0.6 is 0 Å². The van der Waals surface area contributed by atoms with Gasteiger partial charge in [0.15, 0.2) is 0 Å². The third-order valence-corrected chi connectivity index (χ3v) is 2.95. The van der Waals surface area contributed by atoms with Gasteiger partial charge in [0.1, 0.15) is 17.6 Å². The highest BCUT2D eigenvalue weighted by Crippen LogP contribution is 2.22. The quantitative estimate of drug-likeness (QED) is 0.822. The van der Waals surface area contributed by atoms with Crippen molar-refractivity contribution in [2.24, 2.45) is 4.99 Å². The van der Waals surface area contributed by atoms with Crippen LogP contribution in [0.3, 0.4) is 0 Å². The number of nitrogens with one attached hydrogen (secondary N) is 1. The van der Waals surface area contributed by atoms with Gasteiger partial charge in [-0.3, -0.25) is 9.89 Å². The van der Waals surface area contributed by atoms with Crippen molar-refractivity contribution in [2.75, 3.05) is 26.2 Å². The summed E-state index contributed by atoms with van der Waals surface area (Å²) in [4.78, 5) is 6.86. The fourth-order valence-corrected chi connectivity index (χ4v) is 2.12. The molecule has 1 aromatic heterocycles. The molecule has 0 saturated heterocycles. The zero-order chi connectivity index (χ0) is 11.4. The number of hydrogen-bond acceptors (Lipinski definition) is 4. The van der Waals surface area contributed by atoms with Crippen LogP contribution in [-0.4, -0.2) is 36.9 Å². The van der Waals surface area contributed by atoms with Gasteiger partial charge in [-0.25, -0.2) is 0 Å². The van der Waals surface area contributed by atoms with Crippen molar-refractivity contribution in [3.05, 3.63) is 24.2 Å². The molecule has 4 nitrogen and oxygen atoms in total. The first-order valence-electron chi connectivity index (χ1n) is 5.92. The lowest BCUT2D eigenvalue weighted by Gasteiger charge is -2.28. The van der Waals surface area contributed by atoms with Gasteiger partial charge in [-0.1, -0.05) is 13.8 Å². The third kappa shape index (κ3) is 2.11. The molecule has 0 amide bonds. The Hall–Kier alpha value is -1.29. The van der Waals surface area contributed by atoms with Crippen LogP contribution in [0.25, 0.3) is 0 Å². The van der Waals surface area contributed by atoms with E-state index in [1.54, 1.807) is 6.26 Å². The summed E-state index contributed by atoms with van der Waals surface area (Å²) in [7, 11) is 0. The second kappa shape index (κ2) is 5.16. The summed E-state index contributed by atoms with van der Waals surface area (Å²) < 4.78 is 5.53. The lowest BCUT2D eigenvalue weighted by Crippen LogP contribution is -2.38. The first kappa shape index (κ1) is 11.2. The summed E-state index contributed by atoms with van der Waals surface area (Å²) in [5.41, 5.74) is 0. The monoisotopic (exact) mass is 221 g/mol. The van der Waals surface area contributed by atoms with Gasteiger partial charge in [0.25, 0.3) is 0 Å². The first-order chi connectivity index (χ1) is 7.86. The standard InChI is InChI=1S/C12H19N3O/c1-3-15(4-2)11(10-6-5-9-16-10)12-13-7-8-14-12/h5-6,9,11H,3-4,7-8H2,1-2H3,(H,13,14). The number of hydrogen-bond donors (Lipinski definition) is 1. The van der Waals surface area contributed by atoms with Gasteiger partial charge in [0.2, 0.25) is 0 Å². The second-order valence-corrected chi connectivity index (χ2v) is 3.83. The molecule has 0 spiro atoms. The van der Waals surface area contributed by atoms with Crippen molar-refractivity contribution in [3.8, 4) is 0 Å². The maximum absolute atomic E-state index is 5.53. The van der Waals surface area contributed by atoms with Crippen LogP contribution in [0.1, 0.15) is 25.6 Å². The summed E-state index contributed by atoms with van der Waals surface area (Å²) in [6.45, 7) is 8.11. The normalized spacial score (nSPS) is 17.3. The topological polar surface area (TPSA) is 40.8 Å². The van der Waals surface area contributed by atoms with Crippen LogP contribution in [0, 0.1) is 0 Å². The fraction of sp³-hybridized carbons (Fsp3) is 0.583. The Kier molecular flexibility index (Phi) is 3.62. The molecule has 1 aromatic rings. The van der Waals surface area contributed by atoms with Crippen molar-refractivity contribution >= 4 is 5.84 Å². The van der Waals surface area contributed by atoms with Crippen LogP contribution in [-0.2, 0) is 0 Å². The average Bonchev–Trinajstić information content (AvgIpc) is 2.98. The molecule has 1 unspecified atom stereocenters. The smallest absolute Gasteiger partial charge is 0.128 e. The number of aliphatic imine (C=N–C) groups is 1. The summed E-state index contributed by atoms with van der Waals surface area (Å²) in [5, 5.41) is 3.34. The minimum atomic E-state index is 0.146. The van der Waals surface area contributed by atoms with Crippen LogP contribution in [0.4, 0.5) is 0 Å². The molecule has 4 heteroatoms. The first-order valence-corrected chi connectivity index (χ1v) is 5.92. The van der Waals surface area contributed by atoms with Gasteiger partial charge >= 0.3 is 0 Å². The predicted molar refractivity (Wildman–Crippen MR) is 64.7 cm³/mol. The van der Waals surface area contributed by atoms with Gasteiger partial charge in [0.05, 0.1) is 12.8 Å². The van der Waals surface area contributed by atoms with Crippen LogP contribution in [0.5, 0.6) is 0 Å². The molecule has 2 heterocycles.